The van der Waals surface area contributed by atoms with Gasteiger partial charge in [-0.05, 0) is 47.5 Å². The van der Waals surface area contributed by atoms with Crippen LogP contribution in [0.2, 0.25) is 0 Å². The summed E-state index contributed by atoms with van der Waals surface area (Å²) >= 11 is 0. The highest BCUT2D eigenvalue weighted by molar-refractivity contribution is 7.89. The van der Waals surface area contributed by atoms with Crippen LogP contribution >= 0.6 is 0 Å². The Kier molecular flexibility index (Phi) is 4.36. The molecule has 0 unspecified atom stereocenters. The molecule has 0 radical (unpaired) electrons. The smallest absolute Gasteiger partial charge is 0.249 e. The van der Waals surface area contributed by atoms with E-state index in [0.29, 0.717) is 25.1 Å². The Hall–Kier alpha value is -1.41. The summed E-state index contributed by atoms with van der Waals surface area (Å²) in [5.41, 5.74) is -0.0858. The van der Waals surface area contributed by atoms with Gasteiger partial charge in [-0.3, -0.25) is 4.79 Å². The van der Waals surface area contributed by atoms with Crippen molar-refractivity contribution in [2.45, 2.75) is 63.9 Å². The van der Waals surface area contributed by atoms with E-state index >= 15 is 0 Å². The molecule has 0 spiro atoms. The third-order valence-electron chi connectivity index (χ3n) is 3.54. The van der Waals surface area contributed by atoms with Crippen LogP contribution in [0.15, 0.2) is 9.42 Å². The first kappa shape index (κ1) is 17.0. The van der Waals surface area contributed by atoms with E-state index in [0.717, 1.165) is 0 Å². The molecular formula is C14H23N3O4S. The number of nitrogens with one attached hydrogen (secondary N) is 1. The average molecular weight is 329 g/mol. The predicted molar refractivity (Wildman–Crippen MR) is 80.8 cm³/mol. The number of carbonyl (C=O) groups is 1. The molecule has 1 amide bonds. The van der Waals surface area contributed by atoms with Crippen molar-refractivity contribution in [2.75, 3.05) is 6.54 Å². The molecule has 1 atom stereocenters. The van der Waals surface area contributed by atoms with Crippen LogP contribution in [0.3, 0.4) is 0 Å². The first-order valence-electron chi connectivity index (χ1n) is 7.31. The van der Waals surface area contributed by atoms with Gasteiger partial charge in [0.15, 0.2) is 5.76 Å². The van der Waals surface area contributed by atoms with Crippen molar-refractivity contribution >= 4 is 15.9 Å². The van der Waals surface area contributed by atoms with Crippen LogP contribution in [0.4, 0.5) is 0 Å². The first-order chi connectivity index (χ1) is 10.0. The Morgan fingerprint density at radius 1 is 1.36 bits per heavy atom. The Morgan fingerprint density at radius 2 is 2.00 bits per heavy atom. The molecule has 1 saturated heterocycles. The van der Waals surface area contributed by atoms with Crippen molar-refractivity contribution in [3.63, 3.8) is 0 Å². The maximum absolute atomic E-state index is 12.9. The lowest BCUT2D eigenvalue weighted by Crippen LogP contribution is -2.51. The van der Waals surface area contributed by atoms with Gasteiger partial charge < -0.3 is 9.84 Å². The van der Waals surface area contributed by atoms with Crippen LogP contribution in [0, 0.1) is 13.8 Å². The highest BCUT2D eigenvalue weighted by atomic mass is 32.2. The lowest BCUT2D eigenvalue weighted by Gasteiger charge is -2.27. The molecule has 8 heteroatoms. The highest BCUT2D eigenvalue weighted by Gasteiger charge is 2.42. The molecule has 22 heavy (non-hydrogen) atoms. The van der Waals surface area contributed by atoms with Gasteiger partial charge in [0.2, 0.25) is 15.9 Å². The normalized spacial score (nSPS) is 20.3. The van der Waals surface area contributed by atoms with E-state index in [1.165, 1.54) is 4.31 Å². The summed E-state index contributed by atoms with van der Waals surface area (Å²) in [5, 5.41) is 6.56. The third-order valence-corrected chi connectivity index (χ3v) is 5.69. The maximum Gasteiger partial charge on any atom is 0.249 e. The minimum Gasteiger partial charge on any atom is -0.360 e. The van der Waals surface area contributed by atoms with E-state index in [9.17, 15) is 13.2 Å². The Labute approximate surface area is 131 Å². The van der Waals surface area contributed by atoms with Crippen molar-refractivity contribution in [3.8, 4) is 0 Å². The van der Waals surface area contributed by atoms with E-state index in [2.05, 4.69) is 10.5 Å². The quantitative estimate of drug-likeness (QED) is 0.904. The summed E-state index contributed by atoms with van der Waals surface area (Å²) in [6.45, 7) is 9.08. The van der Waals surface area contributed by atoms with Crippen LogP contribution in [-0.4, -0.2) is 41.9 Å². The zero-order valence-electron chi connectivity index (χ0n) is 13.6. The van der Waals surface area contributed by atoms with Gasteiger partial charge in [-0.2, -0.15) is 4.31 Å². The molecule has 0 bridgehead atoms. The summed E-state index contributed by atoms with van der Waals surface area (Å²) in [5.74, 6) is -0.0142. The second-order valence-corrected chi connectivity index (χ2v) is 8.49. The van der Waals surface area contributed by atoms with E-state index in [-0.39, 0.29) is 16.6 Å². The standard InChI is InChI=1S/C14H23N3O4S/c1-9-12(10(2)21-16-9)22(19,20)17-8-6-7-11(17)13(18)15-14(3,4)5/h11H,6-8H2,1-5H3,(H,15,18)/t11-/m0/s1. The summed E-state index contributed by atoms with van der Waals surface area (Å²) in [7, 11) is -3.79. The zero-order chi connectivity index (χ0) is 16.7. The Balaban J connectivity index is 2.33. The summed E-state index contributed by atoms with van der Waals surface area (Å²) in [4.78, 5) is 12.5. The van der Waals surface area contributed by atoms with Gasteiger partial charge in [-0.1, -0.05) is 5.16 Å². The van der Waals surface area contributed by atoms with Gasteiger partial charge in [0.05, 0.1) is 0 Å². The average Bonchev–Trinajstić information content (AvgIpc) is 2.94. The molecule has 0 aliphatic carbocycles. The Morgan fingerprint density at radius 3 is 2.50 bits per heavy atom. The van der Waals surface area contributed by atoms with Gasteiger partial charge in [0.25, 0.3) is 0 Å². The Bertz CT molecular complexity index is 653. The number of rotatable bonds is 3. The molecule has 0 aromatic carbocycles. The van der Waals surface area contributed by atoms with Gasteiger partial charge >= 0.3 is 0 Å². The summed E-state index contributed by atoms with van der Waals surface area (Å²) in [6, 6.07) is -0.682. The lowest BCUT2D eigenvalue weighted by molar-refractivity contribution is -0.125. The monoisotopic (exact) mass is 329 g/mol. The molecule has 1 fully saturated rings. The molecule has 124 valence electrons. The molecular weight excluding hydrogens is 306 g/mol. The van der Waals surface area contributed by atoms with E-state index in [1.54, 1.807) is 13.8 Å². The molecule has 1 aromatic rings. The number of amides is 1. The zero-order valence-corrected chi connectivity index (χ0v) is 14.5. The number of hydrogen-bond donors (Lipinski definition) is 1. The van der Waals surface area contributed by atoms with E-state index in [1.807, 2.05) is 20.8 Å². The second kappa shape index (κ2) is 5.66. The molecule has 1 aliphatic rings. The van der Waals surface area contributed by atoms with Crippen molar-refractivity contribution in [1.29, 1.82) is 0 Å². The van der Waals surface area contributed by atoms with Crippen molar-refractivity contribution < 1.29 is 17.7 Å². The van der Waals surface area contributed by atoms with E-state index < -0.39 is 21.6 Å². The van der Waals surface area contributed by atoms with Gasteiger partial charge in [-0.25, -0.2) is 8.42 Å². The second-order valence-electron chi connectivity index (χ2n) is 6.67. The van der Waals surface area contributed by atoms with Crippen molar-refractivity contribution in [3.05, 3.63) is 11.5 Å². The largest absolute Gasteiger partial charge is 0.360 e. The minimum atomic E-state index is -3.79. The van der Waals surface area contributed by atoms with Crippen LogP contribution in [-0.2, 0) is 14.8 Å². The highest BCUT2D eigenvalue weighted by Crippen LogP contribution is 2.30. The summed E-state index contributed by atoms with van der Waals surface area (Å²) < 4.78 is 32.0. The molecule has 7 nitrogen and oxygen atoms in total. The number of sulfonamides is 1. The van der Waals surface area contributed by atoms with Crippen LogP contribution in [0.1, 0.15) is 45.1 Å². The molecule has 0 saturated carbocycles. The molecule has 1 aliphatic heterocycles. The fourth-order valence-corrected chi connectivity index (χ4v) is 4.65. The molecule has 1 N–H and O–H groups in total. The SMILES string of the molecule is Cc1noc(C)c1S(=O)(=O)N1CCC[C@H]1C(=O)NC(C)(C)C. The van der Waals surface area contributed by atoms with Gasteiger partial charge in [0.1, 0.15) is 16.6 Å². The predicted octanol–water partition coefficient (Wildman–Crippen LogP) is 1.36. The summed E-state index contributed by atoms with van der Waals surface area (Å²) in [6.07, 6.45) is 1.18. The molecule has 2 heterocycles. The molecule has 2 rings (SSSR count). The minimum absolute atomic E-state index is 0.0722. The first-order valence-corrected chi connectivity index (χ1v) is 8.75. The van der Waals surface area contributed by atoms with Crippen LogP contribution < -0.4 is 5.32 Å². The molecule has 1 aromatic heterocycles. The maximum atomic E-state index is 12.9. The van der Waals surface area contributed by atoms with Crippen molar-refractivity contribution in [1.82, 2.24) is 14.8 Å². The number of aryl methyl sites for hydroxylation is 2. The topological polar surface area (TPSA) is 92.5 Å². The van der Waals surface area contributed by atoms with Gasteiger partial charge in [0, 0.05) is 12.1 Å². The van der Waals surface area contributed by atoms with Gasteiger partial charge in [-0.15, -0.1) is 0 Å². The third kappa shape index (κ3) is 3.17. The lowest BCUT2D eigenvalue weighted by atomic mass is 10.1. The fraction of sp³-hybridized carbons (Fsp3) is 0.714. The number of hydrogen-bond acceptors (Lipinski definition) is 5. The fourth-order valence-electron chi connectivity index (χ4n) is 2.70. The number of nitrogens with zero attached hydrogens (tertiary/aromatic N) is 2. The van der Waals surface area contributed by atoms with Crippen LogP contribution in [0.25, 0.3) is 0 Å². The number of aromatic nitrogens is 1. The number of carbonyl (C=O) groups excluding carboxylic acids is 1. The van der Waals surface area contributed by atoms with Crippen LogP contribution in [0.5, 0.6) is 0 Å². The van der Waals surface area contributed by atoms with Crippen molar-refractivity contribution in [2.24, 2.45) is 0 Å². The van der Waals surface area contributed by atoms with E-state index in [4.69, 9.17) is 4.52 Å².